The summed E-state index contributed by atoms with van der Waals surface area (Å²) in [5.74, 6) is -1.03. The zero-order valence-electron chi connectivity index (χ0n) is 16.7. The summed E-state index contributed by atoms with van der Waals surface area (Å²) in [5, 5.41) is 11.2. The van der Waals surface area contributed by atoms with Crippen LogP contribution in [-0.4, -0.2) is 42.6 Å². The molecule has 4 rings (SSSR count). The third kappa shape index (κ3) is 3.15. The maximum absolute atomic E-state index is 13.6. The summed E-state index contributed by atoms with van der Waals surface area (Å²) in [6.45, 7) is 1.95. The number of aromatic hydroxyl groups is 1. The highest BCUT2D eigenvalue weighted by atomic mass is 32.2. The van der Waals surface area contributed by atoms with Crippen molar-refractivity contribution in [3.8, 4) is 5.75 Å². The first-order chi connectivity index (χ1) is 14.1. The van der Waals surface area contributed by atoms with E-state index in [4.69, 9.17) is 0 Å². The summed E-state index contributed by atoms with van der Waals surface area (Å²) in [7, 11) is -2.23. The molecule has 156 valence electrons. The summed E-state index contributed by atoms with van der Waals surface area (Å²) in [6, 6.07) is 7.91. The van der Waals surface area contributed by atoms with E-state index in [9.17, 15) is 22.7 Å². The highest BCUT2D eigenvalue weighted by Gasteiger charge is 2.37. The van der Waals surface area contributed by atoms with E-state index in [1.165, 1.54) is 24.2 Å². The summed E-state index contributed by atoms with van der Waals surface area (Å²) >= 11 is 0. The first-order valence-corrected chi connectivity index (χ1v) is 11.0. The molecule has 0 bridgehead atoms. The maximum atomic E-state index is 13.6. The first kappa shape index (κ1) is 20.1. The molecule has 2 heterocycles. The third-order valence-electron chi connectivity index (χ3n) is 5.37. The van der Waals surface area contributed by atoms with Gasteiger partial charge in [-0.05, 0) is 36.2 Å². The number of phenols is 1. The van der Waals surface area contributed by atoms with Gasteiger partial charge < -0.3 is 10.0 Å². The quantitative estimate of drug-likeness (QED) is 0.689. The van der Waals surface area contributed by atoms with Crippen LogP contribution < -0.4 is 4.31 Å². The van der Waals surface area contributed by atoms with Crippen LogP contribution >= 0.6 is 0 Å². The van der Waals surface area contributed by atoms with Crippen LogP contribution in [0.4, 0.5) is 10.1 Å². The Morgan fingerprint density at radius 3 is 2.70 bits per heavy atom. The fourth-order valence-corrected chi connectivity index (χ4v) is 4.35. The predicted octanol–water partition coefficient (Wildman–Crippen LogP) is 2.94. The van der Waals surface area contributed by atoms with Gasteiger partial charge >= 0.3 is 0 Å². The molecule has 1 amide bonds. The van der Waals surface area contributed by atoms with Gasteiger partial charge in [-0.3, -0.25) is 14.1 Å². The molecule has 0 radical (unpaired) electrons. The number of carbonyl (C=O) groups excluding carboxylic acids is 1. The molecule has 3 aromatic rings. The molecular weight excluding hydrogens is 409 g/mol. The number of carbonyl (C=O) groups is 1. The Bertz CT molecular complexity index is 1310. The predicted molar refractivity (Wildman–Crippen MR) is 111 cm³/mol. The highest BCUT2D eigenvalue weighted by molar-refractivity contribution is 7.92. The molecule has 0 atom stereocenters. The minimum Gasteiger partial charge on any atom is -0.505 e. The number of anilines is 1. The summed E-state index contributed by atoms with van der Waals surface area (Å²) in [5.41, 5.74) is 2.14. The SMILES string of the molecule is Cc1cc(CN2Cc3c(c(O)c4ncccc4c3N(C)S(C)(=O)=O)C2=O)ccc1F. The molecule has 30 heavy (non-hydrogen) atoms. The van der Waals surface area contributed by atoms with Crippen LogP contribution in [0.3, 0.4) is 0 Å². The minimum absolute atomic E-state index is 0.0468. The van der Waals surface area contributed by atoms with Crippen molar-refractivity contribution in [1.82, 2.24) is 9.88 Å². The van der Waals surface area contributed by atoms with Crippen molar-refractivity contribution in [2.75, 3.05) is 17.6 Å². The normalized spacial score (nSPS) is 13.7. The molecule has 1 N–H and O–H groups in total. The van der Waals surface area contributed by atoms with E-state index in [-0.39, 0.29) is 35.7 Å². The van der Waals surface area contributed by atoms with Crippen molar-refractivity contribution >= 4 is 32.5 Å². The van der Waals surface area contributed by atoms with Crippen molar-refractivity contribution in [2.24, 2.45) is 0 Å². The molecule has 0 fully saturated rings. The van der Waals surface area contributed by atoms with Gasteiger partial charge in [-0.1, -0.05) is 12.1 Å². The van der Waals surface area contributed by atoms with Gasteiger partial charge in [0.2, 0.25) is 10.0 Å². The molecule has 0 saturated carbocycles. The summed E-state index contributed by atoms with van der Waals surface area (Å²) < 4.78 is 39.3. The van der Waals surface area contributed by atoms with Gasteiger partial charge in [0.15, 0.2) is 5.75 Å². The second-order valence-corrected chi connectivity index (χ2v) is 9.44. The number of sulfonamides is 1. The molecule has 7 nitrogen and oxygen atoms in total. The lowest BCUT2D eigenvalue weighted by molar-refractivity contribution is 0.0764. The molecule has 0 saturated heterocycles. The molecule has 9 heteroatoms. The van der Waals surface area contributed by atoms with Gasteiger partial charge in [-0.15, -0.1) is 0 Å². The molecule has 0 unspecified atom stereocenters. The smallest absolute Gasteiger partial charge is 0.258 e. The standard InChI is InChI=1S/C21H20FN3O4S/c1-12-9-13(6-7-16(12)22)10-25-11-15-17(21(25)27)20(26)18-14(5-4-8-23-18)19(15)24(2)30(3,28)29/h4-9,26H,10-11H2,1-3H3. The average Bonchev–Trinajstić information content (AvgIpc) is 3.00. The van der Waals surface area contributed by atoms with Crippen LogP contribution in [0.5, 0.6) is 5.75 Å². The second-order valence-electron chi connectivity index (χ2n) is 7.43. The van der Waals surface area contributed by atoms with Crippen LogP contribution in [0.15, 0.2) is 36.5 Å². The number of hydrogen-bond acceptors (Lipinski definition) is 5. The van der Waals surface area contributed by atoms with Gasteiger partial charge in [0.25, 0.3) is 5.91 Å². The number of phenolic OH excluding ortho intramolecular Hbond substituents is 1. The zero-order valence-corrected chi connectivity index (χ0v) is 17.5. The van der Waals surface area contributed by atoms with Crippen LogP contribution in [0.2, 0.25) is 0 Å². The molecule has 0 spiro atoms. The number of fused-ring (bicyclic) bond motifs is 2. The first-order valence-electron chi connectivity index (χ1n) is 9.20. The lowest BCUT2D eigenvalue weighted by Crippen LogP contribution is -2.26. The number of benzene rings is 2. The largest absolute Gasteiger partial charge is 0.505 e. The third-order valence-corrected chi connectivity index (χ3v) is 6.55. The Morgan fingerprint density at radius 2 is 2.03 bits per heavy atom. The number of aryl methyl sites for hydroxylation is 1. The van der Waals surface area contributed by atoms with Crippen molar-refractivity contribution < 1.29 is 22.7 Å². The Kier molecular flexibility index (Phi) is 4.65. The fourth-order valence-electron chi connectivity index (χ4n) is 3.81. The van der Waals surface area contributed by atoms with E-state index in [1.807, 2.05) is 0 Å². The number of rotatable bonds is 4. The minimum atomic E-state index is -3.63. The highest BCUT2D eigenvalue weighted by Crippen LogP contribution is 2.44. The van der Waals surface area contributed by atoms with E-state index in [0.717, 1.165) is 16.1 Å². The lowest BCUT2D eigenvalue weighted by atomic mass is 10.0. The van der Waals surface area contributed by atoms with Crippen molar-refractivity contribution in [1.29, 1.82) is 0 Å². The van der Waals surface area contributed by atoms with E-state index in [1.54, 1.807) is 31.2 Å². The summed E-state index contributed by atoms with van der Waals surface area (Å²) in [6.07, 6.45) is 2.54. The van der Waals surface area contributed by atoms with E-state index in [2.05, 4.69) is 4.98 Å². The zero-order chi connectivity index (χ0) is 21.8. The van der Waals surface area contributed by atoms with Gasteiger partial charge in [-0.25, -0.2) is 12.8 Å². The lowest BCUT2D eigenvalue weighted by Gasteiger charge is -2.22. The van der Waals surface area contributed by atoms with Gasteiger partial charge in [-0.2, -0.15) is 0 Å². The molecular formula is C21H20FN3O4S. The van der Waals surface area contributed by atoms with E-state index in [0.29, 0.717) is 22.2 Å². The number of nitrogens with zero attached hydrogens (tertiary/aromatic N) is 3. The number of amides is 1. The Labute approximate surface area is 173 Å². The Morgan fingerprint density at radius 1 is 1.30 bits per heavy atom. The number of halogens is 1. The average molecular weight is 429 g/mol. The van der Waals surface area contributed by atoms with Crippen molar-refractivity contribution in [3.63, 3.8) is 0 Å². The Balaban J connectivity index is 1.87. The maximum Gasteiger partial charge on any atom is 0.258 e. The van der Waals surface area contributed by atoms with Crippen molar-refractivity contribution in [2.45, 2.75) is 20.0 Å². The van der Waals surface area contributed by atoms with Crippen LogP contribution in [0.1, 0.15) is 27.0 Å². The number of pyridine rings is 1. The van der Waals surface area contributed by atoms with Crippen LogP contribution in [0, 0.1) is 12.7 Å². The van der Waals surface area contributed by atoms with E-state index < -0.39 is 15.9 Å². The molecule has 0 aliphatic carbocycles. The Hall–Kier alpha value is -3.20. The molecule has 1 aliphatic rings. The van der Waals surface area contributed by atoms with Gasteiger partial charge in [0.1, 0.15) is 11.3 Å². The van der Waals surface area contributed by atoms with Crippen LogP contribution in [-0.2, 0) is 23.1 Å². The van der Waals surface area contributed by atoms with Crippen molar-refractivity contribution in [3.05, 3.63) is 64.6 Å². The molecule has 2 aromatic carbocycles. The number of aromatic nitrogens is 1. The van der Waals surface area contributed by atoms with Gasteiger partial charge in [0, 0.05) is 37.3 Å². The second kappa shape index (κ2) is 6.94. The fraction of sp³-hybridized carbons (Fsp3) is 0.238. The monoisotopic (exact) mass is 429 g/mol. The van der Waals surface area contributed by atoms with Gasteiger partial charge in [0.05, 0.1) is 17.5 Å². The number of hydrogen-bond donors (Lipinski definition) is 1. The molecule has 1 aliphatic heterocycles. The molecule has 1 aromatic heterocycles. The topological polar surface area (TPSA) is 90.8 Å². The van der Waals surface area contributed by atoms with Crippen LogP contribution in [0.25, 0.3) is 10.9 Å². The van der Waals surface area contributed by atoms with E-state index >= 15 is 0 Å². The summed E-state index contributed by atoms with van der Waals surface area (Å²) in [4.78, 5) is 18.8.